The zero-order chi connectivity index (χ0) is 8.39. The molecular weight excluding hydrogens is 150 g/mol. The molecule has 1 aliphatic rings. The highest BCUT2D eigenvalue weighted by molar-refractivity contribution is 4.88. The minimum atomic E-state index is 0.609. The van der Waals surface area contributed by atoms with Gasteiger partial charge in [0.1, 0.15) is 0 Å². The fourth-order valence-electron chi connectivity index (χ4n) is 2.15. The zero-order valence-electron chi connectivity index (χ0n) is 7.19. The summed E-state index contributed by atoms with van der Waals surface area (Å²) in [5.41, 5.74) is 5.70. The van der Waals surface area contributed by atoms with Gasteiger partial charge < -0.3 is 10.3 Å². The average molecular weight is 165 g/mol. The minimum absolute atomic E-state index is 0.609. The molecule has 0 saturated heterocycles. The molecule has 2 N–H and O–H groups in total. The van der Waals surface area contributed by atoms with Crippen molar-refractivity contribution >= 4 is 0 Å². The Balaban J connectivity index is 2.13. The summed E-state index contributed by atoms with van der Waals surface area (Å²) in [6, 6.07) is 0.609. The Bertz CT molecular complexity index is 230. The largest absolute Gasteiger partial charge is 0.334 e. The summed E-state index contributed by atoms with van der Waals surface area (Å²) in [4.78, 5) is 4.06. The zero-order valence-corrected chi connectivity index (χ0v) is 7.19. The fraction of sp³-hybridized carbons (Fsp3) is 0.667. The van der Waals surface area contributed by atoms with Crippen LogP contribution in [0.3, 0.4) is 0 Å². The maximum Gasteiger partial charge on any atom is 0.0948 e. The molecule has 3 nitrogen and oxygen atoms in total. The first-order chi connectivity index (χ1) is 5.92. The van der Waals surface area contributed by atoms with E-state index in [0.717, 1.165) is 6.54 Å². The van der Waals surface area contributed by atoms with E-state index in [4.69, 9.17) is 5.73 Å². The molecule has 1 aliphatic carbocycles. The normalized spacial score (nSPS) is 29.4. The van der Waals surface area contributed by atoms with Gasteiger partial charge in [0.15, 0.2) is 0 Å². The number of aromatic nitrogens is 2. The van der Waals surface area contributed by atoms with E-state index in [-0.39, 0.29) is 0 Å². The molecule has 2 atom stereocenters. The second-order valence-corrected chi connectivity index (χ2v) is 3.50. The van der Waals surface area contributed by atoms with Crippen LogP contribution in [0.5, 0.6) is 0 Å². The Morgan fingerprint density at radius 1 is 1.50 bits per heavy atom. The van der Waals surface area contributed by atoms with Gasteiger partial charge in [-0.3, -0.25) is 0 Å². The predicted octanol–water partition coefficient (Wildman–Crippen LogP) is 1.18. The summed E-state index contributed by atoms with van der Waals surface area (Å²) < 4.78 is 2.20. The van der Waals surface area contributed by atoms with Gasteiger partial charge in [0.05, 0.1) is 6.33 Å². The first kappa shape index (κ1) is 7.80. The van der Waals surface area contributed by atoms with Gasteiger partial charge in [-0.2, -0.15) is 0 Å². The number of nitrogens with zero attached hydrogens (tertiary/aromatic N) is 2. The molecule has 0 bridgehead atoms. The van der Waals surface area contributed by atoms with Crippen LogP contribution in [-0.2, 0) is 0 Å². The fourth-order valence-corrected chi connectivity index (χ4v) is 2.15. The van der Waals surface area contributed by atoms with Crippen molar-refractivity contribution in [3.05, 3.63) is 18.7 Å². The summed E-state index contributed by atoms with van der Waals surface area (Å²) >= 11 is 0. The van der Waals surface area contributed by atoms with Crippen molar-refractivity contribution in [1.29, 1.82) is 0 Å². The van der Waals surface area contributed by atoms with E-state index in [2.05, 4.69) is 9.55 Å². The molecule has 1 aromatic rings. The van der Waals surface area contributed by atoms with Gasteiger partial charge in [-0.15, -0.1) is 0 Å². The van der Waals surface area contributed by atoms with Gasteiger partial charge in [-0.05, 0) is 25.3 Å². The molecule has 2 rings (SSSR count). The lowest BCUT2D eigenvalue weighted by Crippen LogP contribution is -2.20. The third-order valence-electron chi connectivity index (χ3n) is 2.83. The standard InChI is InChI=1S/C9H15N3/c10-6-8-2-1-3-9(8)12-5-4-11-7-12/h4-5,7-9H,1-3,6,10H2. The molecule has 0 aliphatic heterocycles. The quantitative estimate of drug-likeness (QED) is 0.715. The Hall–Kier alpha value is -0.830. The van der Waals surface area contributed by atoms with Crippen LogP contribution in [0.25, 0.3) is 0 Å². The summed E-state index contributed by atoms with van der Waals surface area (Å²) in [6.45, 7) is 0.808. The van der Waals surface area contributed by atoms with Crippen LogP contribution in [0, 0.1) is 5.92 Å². The first-order valence-corrected chi connectivity index (χ1v) is 4.59. The van der Waals surface area contributed by atoms with Gasteiger partial charge in [-0.25, -0.2) is 4.98 Å². The van der Waals surface area contributed by atoms with E-state index in [0.29, 0.717) is 12.0 Å². The molecular formula is C9H15N3. The van der Waals surface area contributed by atoms with Crippen molar-refractivity contribution in [1.82, 2.24) is 9.55 Å². The molecule has 0 aromatic carbocycles. The van der Waals surface area contributed by atoms with Gasteiger partial charge in [0, 0.05) is 18.4 Å². The molecule has 1 aromatic heterocycles. The van der Waals surface area contributed by atoms with Crippen molar-refractivity contribution in [2.75, 3.05) is 6.54 Å². The van der Waals surface area contributed by atoms with Crippen molar-refractivity contribution in [3.8, 4) is 0 Å². The number of nitrogens with two attached hydrogens (primary N) is 1. The lowest BCUT2D eigenvalue weighted by atomic mass is 10.0. The number of hydrogen-bond acceptors (Lipinski definition) is 2. The van der Waals surface area contributed by atoms with Crippen LogP contribution < -0.4 is 5.73 Å². The summed E-state index contributed by atoms with van der Waals surface area (Å²) in [5, 5.41) is 0. The molecule has 3 heteroatoms. The van der Waals surface area contributed by atoms with E-state index < -0.39 is 0 Å². The summed E-state index contributed by atoms with van der Waals surface area (Å²) in [6.07, 6.45) is 9.63. The van der Waals surface area contributed by atoms with E-state index in [1.165, 1.54) is 19.3 Å². The molecule has 12 heavy (non-hydrogen) atoms. The Morgan fingerprint density at radius 3 is 3.08 bits per heavy atom. The van der Waals surface area contributed by atoms with Crippen LogP contribution in [0.2, 0.25) is 0 Å². The second-order valence-electron chi connectivity index (χ2n) is 3.50. The van der Waals surface area contributed by atoms with E-state index in [9.17, 15) is 0 Å². The van der Waals surface area contributed by atoms with Gasteiger partial charge >= 0.3 is 0 Å². The van der Waals surface area contributed by atoms with Crippen LogP contribution in [0.15, 0.2) is 18.7 Å². The third kappa shape index (κ3) is 1.25. The Kier molecular flexibility index (Phi) is 2.13. The monoisotopic (exact) mass is 165 g/mol. The minimum Gasteiger partial charge on any atom is -0.334 e. The molecule has 2 unspecified atom stereocenters. The maximum absolute atomic E-state index is 5.70. The summed E-state index contributed by atoms with van der Waals surface area (Å²) in [5.74, 6) is 0.666. The van der Waals surface area contributed by atoms with E-state index in [1.807, 2.05) is 18.7 Å². The van der Waals surface area contributed by atoms with Crippen LogP contribution in [0.4, 0.5) is 0 Å². The molecule has 1 fully saturated rings. The number of hydrogen-bond donors (Lipinski definition) is 1. The predicted molar refractivity (Wildman–Crippen MR) is 47.7 cm³/mol. The lowest BCUT2D eigenvalue weighted by Gasteiger charge is -2.18. The summed E-state index contributed by atoms with van der Waals surface area (Å²) in [7, 11) is 0. The molecule has 0 amide bonds. The van der Waals surface area contributed by atoms with E-state index in [1.54, 1.807) is 0 Å². The highest BCUT2D eigenvalue weighted by Gasteiger charge is 2.26. The number of rotatable bonds is 2. The molecule has 0 spiro atoms. The molecule has 66 valence electrons. The van der Waals surface area contributed by atoms with E-state index >= 15 is 0 Å². The molecule has 1 saturated carbocycles. The van der Waals surface area contributed by atoms with Crippen molar-refractivity contribution < 1.29 is 0 Å². The smallest absolute Gasteiger partial charge is 0.0948 e. The van der Waals surface area contributed by atoms with Crippen molar-refractivity contribution in [3.63, 3.8) is 0 Å². The molecule has 0 radical (unpaired) electrons. The highest BCUT2D eigenvalue weighted by Crippen LogP contribution is 2.34. The SMILES string of the molecule is NCC1CCCC1n1ccnc1. The van der Waals surface area contributed by atoms with Crippen LogP contribution in [0.1, 0.15) is 25.3 Å². The Labute approximate surface area is 72.6 Å². The topological polar surface area (TPSA) is 43.8 Å². The second kappa shape index (κ2) is 3.27. The highest BCUT2D eigenvalue weighted by atomic mass is 15.1. The number of imidazole rings is 1. The average Bonchev–Trinajstić information content (AvgIpc) is 2.74. The van der Waals surface area contributed by atoms with Crippen LogP contribution in [-0.4, -0.2) is 16.1 Å². The third-order valence-corrected chi connectivity index (χ3v) is 2.83. The lowest BCUT2D eigenvalue weighted by molar-refractivity contribution is 0.387. The molecule has 1 heterocycles. The maximum atomic E-state index is 5.70. The Morgan fingerprint density at radius 2 is 2.42 bits per heavy atom. The van der Waals surface area contributed by atoms with Crippen molar-refractivity contribution in [2.45, 2.75) is 25.3 Å². The van der Waals surface area contributed by atoms with Crippen LogP contribution >= 0.6 is 0 Å². The van der Waals surface area contributed by atoms with Crippen molar-refractivity contribution in [2.24, 2.45) is 11.7 Å². The first-order valence-electron chi connectivity index (χ1n) is 4.59. The van der Waals surface area contributed by atoms with Gasteiger partial charge in [-0.1, -0.05) is 6.42 Å². The van der Waals surface area contributed by atoms with Gasteiger partial charge in [0.2, 0.25) is 0 Å². The van der Waals surface area contributed by atoms with Gasteiger partial charge in [0.25, 0.3) is 0 Å².